The first-order chi connectivity index (χ1) is 27.7. The molecule has 0 spiro atoms. The van der Waals surface area contributed by atoms with E-state index < -0.39 is 0 Å². The van der Waals surface area contributed by atoms with Crippen molar-refractivity contribution in [3.05, 3.63) is 274 Å². The number of benzene rings is 8. The Morgan fingerprint density at radius 1 is 0.214 bits per heavy atom. The van der Waals surface area contributed by atoms with E-state index in [9.17, 15) is 0 Å². The lowest BCUT2D eigenvalue weighted by molar-refractivity contribution is 1.55. The normalized spacial score (nSPS) is 11.1. The van der Waals surface area contributed by atoms with E-state index >= 15 is 0 Å². The Hall–Kier alpha value is -7.28. The van der Waals surface area contributed by atoms with Crippen LogP contribution in [0.25, 0.3) is 58.7 Å². The summed E-state index contributed by atoms with van der Waals surface area (Å²) in [6.07, 6.45) is 13.2. The summed E-state index contributed by atoms with van der Waals surface area (Å²) in [5.74, 6) is 0. The van der Waals surface area contributed by atoms with Crippen LogP contribution in [0.4, 0.5) is 0 Å². The van der Waals surface area contributed by atoms with Gasteiger partial charge in [-0.2, -0.15) is 0 Å². The molecular formula is C56H42. The van der Waals surface area contributed by atoms with Gasteiger partial charge in [-0.1, -0.05) is 243 Å². The minimum absolute atomic E-state index is 1.17. The van der Waals surface area contributed by atoms with Gasteiger partial charge in [0, 0.05) is 0 Å². The van der Waals surface area contributed by atoms with Gasteiger partial charge in [-0.3, -0.25) is 0 Å². The Balaban J connectivity index is 0.893. The van der Waals surface area contributed by atoms with Gasteiger partial charge in [-0.15, -0.1) is 0 Å². The first-order valence-corrected chi connectivity index (χ1v) is 19.2. The van der Waals surface area contributed by atoms with Gasteiger partial charge >= 0.3 is 0 Å². The van der Waals surface area contributed by atoms with E-state index in [-0.39, 0.29) is 0 Å². The van der Waals surface area contributed by atoms with E-state index in [1.165, 1.54) is 77.9 Å². The van der Waals surface area contributed by atoms with Gasteiger partial charge in [0.25, 0.3) is 0 Å². The molecule has 0 aromatic heterocycles. The third-order valence-corrected chi connectivity index (χ3v) is 9.93. The summed E-state index contributed by atoms with van der Waals surface area (Å²) in [6.45, 7) is 0. The molecule has 0 amide bonds. The predicted octanol–water partition coefficient (Wildman–Crippen LogP) is 14.9. The van der Waals surface area contributed by atoms with Gasteiger partial charge in [0.1, 0.15) is 0 Å². The minimum atomic E-state index is 1.17. The van der Waals surface area contributed by atoms with E-state index in [1.807, 2.05) is 0 Å². The minimum Gasteiger partial charge on any atom is -0.0622 e. The van der Waals surface area contributed by atoms with E-state index in [0.29, 0.717) is 0 Å². The Kier molecular flexibility index (Phi) is 11.3. The van der Waals surface area contributed by atoms with Crippen LogP contribution >= 0.6 is 0 Å². The van der Waals surface area contributed by atoms with Crippen LogP contribution < -0.4 is 0 Å². The highest BCUT2D eigenvalue weighted by Crippen LogP contribution is 2.28. The molecule has 56 heavy (non-hydrogen) atoms. The van der Waals surface area contributed by atoms with Crippen LogP contribution in [0.15, 0.2) is 218 Å². The summed E-state index contributed by atoms with van der Waals surface area (Å²) < 4.78 is 0. The second-order valence-corrected chi connectivity index (χ2v) is 13.8. The average Bonchev–Trinajstić information content (AvgIpc) is 3.28. The Morgan fingerprint density at radius 2 is 0.429 bits per heavy atom. The van der Waals surface area contributed by atoms with Crippen LogP contribution in [0.3, 0.4) is 0 Å². The first-order valence-electron chi connectivity index (χ1n) is 19.2. The summed E-state index contributed by atoms with van der Waals surface area (Å²) in [4.78, 5) is 0. The van der Waals surface area contributed by atoms with Crippen molar-refractivity contribution >= 4 is 47.6 Å². The summed E-state index contributed by atoms with van der Waals surface area (Å²) in [6, 6.07) is 77.4. The third-order valence-electron chi connectivity index (χ3n) is 9.93. The highest BCUT2D eigenvalue weighted by Gasteiger charge is 2.06. The van der Waals surface area contributed by atoms with Crippen LogP contribution in [-0.4, -0.2) is 0 Å². The standard InChI is InChI=1S/C56H42/c1-5-13-51(14-6-1)55(52-15-7-2-8-16-52)41-47-29-25-43(26-30-47)21-23-45-33-37-49(38-34-45)50-39-35-46(36-40-50)24-22-44-27-31-48(32-28-44)42-56(53-17-9-3-10-18-53)54-19-11-4-12-20-54/h1-42H. The van der Waals surface area contributed by atoms with E-state index in [0.717, 1.165) is 0 Å². The van der Waals surface area contributed by atoms with E-state index in [4.69, 9.17) is 0 Å². The van der Waals surface area contributed by atoms with Crippen LogP contribution in [-0.2, 0) is 0 Å². The Labute approximate surface area is 331 Å². The maximum absolute atomic E-state index is 2.27. The molecule has 8 aromatic rings. The van der Waals surface area contributed by atoms with E-state index in [1.54, 1.807) is 0 Å². The lowest BCUT2D eigenvalue weighted by atomic mass is 9.95. The van der Waals surface area contributed by atoms with Gasteiger partial charge in [-0.25, -0.2) is 0 Å². The molecule has 0 aliphatic carbocycles. The molecule has 266 valence electrons. The zero-order valence-corrected chi connectivity index (χ0v) is 31.2. The fourth-order valence-corrected chi connectivity index (χ4v) is 6.84. The van der Waals surface area contributed by atoms with Crippen LogP contribution in [0.1, 0.15) is 55.6 Å². The zero-order chi connectivity index (χ0) is 37.8. The highest BCUT2D eigenvalue weighted by atomic mass is 14.1. The summed E-state index contributed by atoms with van der Waals surface area (Å²) >= 11 is 0. The first kappa shape index (κ1) is 35.7. The molecule has 0 heterocycles. The molecule has 8 aromatic carbocycles. The van der Waals surface area contributed by atoms with Crippen LogP contribution in [0, 0.1) is 0 Å². The smallest absolute Gasteiger partial charge is 0.0105 e. The van der Waals surface area contributed by atoms with Gasteiger partial charge in [0.05, 0.1) is 0 Å². The largest absolute Gasteiger partial charge is 0.0622 e. The van der Waals surface area contributed by atoms with Crippen molar-refractivity contribution in [3.8, 4) is 11.1 Å². The number of hydrogen-bond acceptors (Lipinski definition) is 0. The number of rotatable bonds is 11. The Morgan fingerprint density at radius 3 is 0.679 bits per heavy atom. The number of hydrogen-bond donors (Lipinski definition) is 0. The highest BCUT2D eigenvalue weighted by molar-refractivity contribution is 5.92. The molecule has 0 N–H and O–H groups in total. The van der Waals surface area contributed by atoms with Gasteiger partial charge in [-0.05, 0) is 90.1 Å². The topological polar surface area (TPSA) is 0 Å². The maximum Gasteiger partial charge on any atom is -0.0105 e. The SMILES string of the molecule is C(=Cc1ccc(-c2ccc(C=Cc3ccc(C=C(c4ccccc4)c4ccccc4)cc3)cc2)cc1)c1ccc(C=C(c2ccccc2)c2ccccc2)cc1. The zero-order valence-electron chi connectivity index (χ0n) is 31.2. The predicted molar refractivity (Wildman–Crippen MR) is 242 cm³/mol. The molecule has 0 heteroatoms. The molecular weight excluding hydrogens is 673 g/mol. The van der Waals surface area contributed by atoms with Crippen molar-refractivity contribution in [2.24, 2.45) is 0 Å². The molecule has 0 atom stereocenters. The molecule has 0 fully saturated rings. The quantitative estimate of drug-likeness (QED) is 0.117. The molecule has 8 rings (SSSR count). The molecule has 0 saturated heterocycles. The molecule has 0 bridgehead atoms. The summed E-state index contributed by atoms with van der Waals surface area (Å²) in [7, 11) is 0. The molecule has 0 unspecified atom stereocenters. The van der Waals surface area contributed by atoms with Crippen molar-refractivity contribution in [3.63, 3.8) is 0 Å². The lowest BCUT2D eigenvalue weighted by Crippen LogP contribution is -1.88. The maximum atomic E-state index is 2.27. The second kappa shape index (κ2) is 17.7. The van der Waals surface area contributed by atoms with Gasteiger partial charge < -0.3 is 0 Å². The van der Waals surface area contributed by atoms with Crippen LogP contribution in [0.5, 0.6) is 0 Å². The molecule has 0 aliphatic heterocycles. The van der Waals surface area contributed by atoms with Crippen molar-refractivity contribution < 1.29 is 0 Å². The summed E-state index contributed by atoms with van der Waals surface area (Å²) in [5.41, 5.74) is 16.7. The lowest BCUT2D eigenvalue weighted by Gasteiger charge is -2.09. The van der Waals surface area contributed by atoms with Crippen molar-refractivity contribution in [1.29, 1.82) is 0 Å². The van der Waals surface area contributed by atoms with Crippen molar-refractivity contribution in [2.45, 2.75) is 0 Å². The average molecular weight is 715 g/mol. The summed E-state index contributed by atoms with van der Waals surface area (Å²) in [5, 5.41) is 0. The van der Waals surface area contributed by atoms with Crippen molar-refractivity contribution in [2.75, 3.05) is 0 Å². The fraction of sp³-hybridized carbons (Fsp3) is 0. The third kappa shape index (κ3) is 9.26. The molecule has 0 aliphatic rings. The Bertz CT molecular complexity index is 2300. The molecule has 0 radical (unpaired) electrons. The fourth-order valence-electron chi connectivity index (χ4n) is 6.84. The van der Waals surface area contributed by atoms with E-state index in [2.05, 4.69) is 255 Å². The second-order valence-electron chi connectivity index (χ2n) is 13.8. The van der Waals surface area contributed by atoms with Gasteiger partial charge in [0.15, 0.2) is 0 Å². The monoisotopic (exact) mass is 714 g/mol. The van der Waals surface area contributed by atoms with Crippen molar-refractivity contribution in [1.82, 2.24) is 0 Å². The van der Waals surface area contributed by atoms with Crippen LogP contribution in [0.2, 0.25) is 0 Å². The van der Waals surface area contributed by atoms with Gasteiger partial charge in [0.2, 0.25) is 0 Å². The molecule has 0 saturated carbocycles. The molecule has 0 nitrogen and oxygen atoms in total.